The van der Waals surface area contributed by atoms with Crippen molar-refractivity contribution >= 4 is 23.3 Å². The highest BCUT2D eigenvalue weighted by Crippen LogP contribution is 2.46. The summed E-state index contributed by atoms with van der Waals surface area (Å²) in [6.45, 7) is 5.65. The molecule has 196 valence electrons. The molecular weight excluding hydrogens is 476 g/mol. The fourth-order valence-corrected chi connectivity index (χ4v) is 4.63. The molecule has 9 nitrogen and oxygen atoms in total. The van der Waals surface area contributed by atoms with E-state index in [-0.39, 0.29) is 35.0 Å². The van der Waals surface area contributed by atoms with Crippen LogP contribution in [0.4, 0.5) is 5.69 Å². The number of allylic oxidation sites excluding steroid dienone is 1. The molecule has 0 unspecified atom stereocenters. The summed E-state index contributed by atoms with van der Waals surface area (Å²) < 4.78 is 21.5. The lowest BCUT2D eigenvalue weighted by atomic mass is 9.83. The maximum atomic E-state index is 12.7. The first-order chi connectivity index (χ1) is 17.7. The fraction of sp³-hybridized carbons (Fsp3) is 0.393. The van der Waals surface area contributed by atoms with Gasteiger partial charge in [0.25, 0.3) is 5.91 Å². The summed E-state index contributed by atoms with van der Waals surface area (Å²) in [6, 6.07) is 12.5. The van der Waals surface area contributed by atoms with Gasteiger partial charge in [-0.2, -0.15) is 0 Å². The summed E-state index contributed by atoms with van der Waals surface area (Å²) in [5.74, 6) is -0.522. The topological polar surface area (TPSA) is 94.6 Å². The van der Waals surface area contributed by atoms with Crippen LogP contribution < -0.4 is 14.4 Å². The average Bonchev–Trinajstić information content (AvgIpc) is 3.11. The van der Waals surface area contributed by atoms with E-state index in [2.05, 4.69) is 19.9 Å². The van der Waals surface area contributed by atoms with Crippen molar-refractivity contribution in [3.63, 3.8) is 0 Å². The summed E-state index contributed by atoms with van der Waals surface area (Å²) >= 11 is 0. The lowest BCUT2D eigenvalue weighted by molar-refractivity contribution is -0.137. The van der Waals surface area contributed by atoms with Crippen LogP contribution in [0, 0.1) is 0 Å². The zero-order chi connectivity index (χ0) is 26.6. The van der Waals surface area contributed by atoms with E-state index in [4.69, 9.17) is 18.9 Å². The zero-order valence-corrected chi connectivity index (χ0v) is 21.6. The number of para-hydroxylation sites is 1. The molecule has 0 radical (unpaired) electrons. The van der Waals surface area contributed by atoms with Crippen LogP contribution in [0.3, 0.4) is 0 Å². The number of morpholine rings is 1. The first kappa shape index (κ1) is 26.2. The zero-order valence-electron chi connectivity index (χ0n) is 21.6. The Bertz CT molecular complexity index is 1210. The number of ether oxygens (including phenoxy) is 4. The van der Waals surface area contributed by atoms with Gasteiger partial charge in [-0.1, -0.05) is 32.0 Å². The van der Waals surface area contributed by atoms with Gasteiger partial charge in [0.05, 0.1) is 25.9 Å². The van der Waals surface area contributed by atoms with Crippen LogP contribution in [0.15, 0.2) is 54.2 Å². The van der Waals surface area contributed by atoms with Crippen molar-refractivity contribution in [3.8, 4) is 11.5 Å². The van der Waals surface area contributed by atoms with Gasteiger partial charge in [0.2, 0.25) is 0 Å². The van der Waals surface area contributed by atoms with Crippen LogP contribution in [-0.2, 0) is 24.5 Å². The van der Waals surface area contributed by atoms with E-state index < -0.39 is 12.6 Å². The molecule has 37 heavy (non-hydrogen) atoms. The molecule has 2 heterocycles. The average molecular weight is 509 g/mol. The van der Waals surface area contributed by atoms with Crippen LogP contribution in [-0.4, -0.2) is 76.2 Å². The third-order valence-electron chi connectivity index (χ3n) is 6.70. The number of esters is 1. The van der Waals surface area contributed by atoms with E-state index in [1.807, 2.05) is 30.1 Å². The predicted molar refractivity (Wildman–Crippen MR) is 137 cm³/mol. The van der Waals surface area contributed by atoms with Crippen molar-refractivity contribution in [1.29, 1.82) is 0 Å². The van der Waals surface area contributed by atoms with Crippen molar-refractivity contribution in [3.05, 3.63) is 65.4 Å². The normalized spacial score (nSPS) is 17.4. The Labute approximate surface area is 216 Å². The first-order valence-electron chi connectivity index (χ1n) is 12.1. The van der Waals surface area contributed by atoms with Crippen molar-refractivity contribution in [2.45, 2.75) is 19.3 Å². The molecular formula is C28H32N2O7. The number of likely N-dealkylation sites (N-methyl/N-ethyl adjacent to an activating group) is 1. The van der Waals surface area contributed by atoms with E-state index in [0.29, 0.717) is 32.1 Å². The number of methoxy groups -OCH3 is 1. The minimum absolute atomic E-state index is 0.152. The number of benzene rings is 2. The molecule has 2 aromatic carbocycles. The molecule has 0 N–H and O–H groups in total. The first-order valence-corrected chi connectivity index (χ1v) is 12.1. The van der Waals surface area contributed by atoms with Gasteiger partial charge >= 0.3 is 5.97 Å². The number of hydrogen-bond donors (Lipinski definition) is 0. The minimum atomic E-state index is -0.664. The second-order valence-electron chi connectivity index (χ2n) is 9.42. The lowest BCUT2D eigenvalue weighted by Gasteiger charge is -2.26. The molecule has 4 rings (SSSR count). The predicted octanol–water partition coefficient (Wildman–Crippen LogP) is 2.97. The van der Waals surface area contributed by atoms with Gasteiger partial charge in [-0.3, -0.25) is 9.59 Å². The number of hydrogen-bond acceptors (Lipinski definition) is 8. The number of ketones is 1. The van der Waals surface area contributed by atoms with E-state index in [9.17, 15) is 14.4 Å². The number of amides is 1. The third-order valence-corrected chi connectivity index (χ3v) is 6.70. The maximum absolute atomic E-state index is 12.7. The number of carbonyl (C=O) groups excluding carboxylic acids is 3. The summed E-state index contributed by atoms with van der Waals surface area (Å²) in [6.07, 6.45) is 1.54. The molecule has 2 aliphatic rings. The van der Waals surface area contributed by atoms with Gasteiger partial charge in [-0.15, -0.1) is 0 Å². The Morgan fingerprint density at radius 1 is 1.03 bits per heavy atom. The highest BCUT2D eigenvalue weighted by molar-refractivity contribution is 5.97. The monoisotopic (exact) mass is 508 g/mol. The summed E-state index contributed by atoms with van der Waals surface area (Å²) in [7, 11) is 3.36. The van der Waals surface area contributed by atoms with Crippen molar-refractivity contribution < 1.29 is 33.3 Å². The van der Waals surface area contributed by atoms with E-state index >= 15 is 0 Å². The van der Waals surface area contributed by atoms with E-state index in [0.717, 1.165) is 16.9 Å². The van der Waals surface area contributed by atoms with Gasteiger partial charge in [-0.05, 0) is 29.8 Å². The molecule has 0 aromatic heterocycles. The summed E-state index contributed by atoms with van der Waals surface area (Å²) in [5.41, 5.74) is 2.87. The molecule has 1 amide bonds. The van der Waals surface area contributed by atoms with Gasteiger partial charge in [0.1, 0.15) is 0 Å². The summed E-state index contributed by atoms with van der Waals surface area (Å²) in [4.78, 5) is 41.3. The SMILES string of the molecule is COc1cc(C(=O)OCC(=O)/C=C2\N(C)c3ccccc3C2(C)C)ccc1OCC(=O)N1CCOCC1. The van der Waals surface area contributed by atoms with E-state index in [1.165, 1.54) is 25.3 Å². The number of carbonyl (C=O) groups is 3. The Balaban J connectivity index is 1.36. The molecule has 0 bridgehead atoms. The number of nitrogens with zero attached hydrogens (tertiary/aromatic N) is 2. The van der Waals surface area contributed by atoms with Gasteiger partial charge in [0, 0.05) is 43.0 Å². The number of fused-ring (bicyclic) bond motifs is 1. The Morgan fingerprint density at radius 3 is 2.46 bits per heavy atom. The Hall–Kier alpha value is -3.85. The third kappa shape index (κ3) is 5.61. The van der Waals surface area contributed by atoms with Crippen LogP contribution >= 0.6 is 0 Å². The number of rotatable bonds is 8. The highest BCUT2D eigenvalue weighted by atomic mass is 16.5. The molecule has 2 aromatic rings. The Morgan fingerprint density at radius 2 is 1.76 bits per heavy atom. The van der Waals surface area contributed by atoms with Crippen LogP contribution in [0.1, 0.15) is 29.8 Å². The molecule has 0 saturated carbocycles. The standard InChI is InChI=1S/C28H32N2O7/c1-28(2)21-7-5-6-8-22(21)29(3)25(28)16-20(31)17-37-27(33)19-9-10-23(24(15-19)34-4)36-18-26(32)30-11-13-35-14-12-30/h5-10,15-16H,11-14,17-18H2,1-4H3/b25-16-. The molecule has 1 fully saturated rings. The second kappa shape index (κ2) is 11.0. The van der Waals surface area contributed by atoms with Crippen molar-refractivity contribution in [1.82, 2.24) is 4.90 Å². The van der Waals surface area contributed by atoms with Crippen LogP contribution in [0.5, 0.6) is 11.5 Å². The Kier molecular flexibility index (Phi) is 7.83. The molecule has 0 spiro atoms. The molecule has 9 heteroatoms. The van der Waals surface area contributed by atoms with E-state index in [1.54, 1.807) is 11.0 Å². The van der Waals surface area contributed by atoms with Gasteiger partial charge in [-0.25, -0.2) is 4.79 Å². The maximum Gasteiger partial charge on any atom is 0.338 e. The largest absolute Gasteiger partial charge is 0.493 e. The minimum Gasteiger partial charge on any atom is -0.493 e. The molecule has 2 aliphatic heterocycles. The van der Waals surface area contributed by atoms with Gasteiger partial charge in [0.15, 0.2) is 30.5 Å². The quantitative estimate of drug-likeness (QED) is 0.397. The van der Waals surface area contributed by atoms with Crippen molar-refractivity contribution in [2.75, 3.05) is 58.6 Å². The number of anilines is 1. The fourth-order valence-electron chi connectivity index (χ4n) is 4.63. The molecule has 0 atom stereocenters. The van der Waals surface area contributed by atoms with Crippen molar-refractivity contribution in [2.24, 2.45) is 0 Å². The second-order valence-corrected chi connectivity index (χ2v) is 9.42. The summed E-state index contributed by atoms with van der Waals surface area (Å²) in [5, 5.41) is 0. The molecule has 0 aliphatic carbocycles. The highest BCUT2D eigenvalue weighted by Gasteiger charge is 2.38. The lowest BCUT2D eigenvalue weighted by Crippen LogP contribution is -2.43. The van der Waals surface area contributed by atoms with Crippen LogP contribution in [0.25, 0.3) is 0 Å². The van der Waals surface area contributed by atoms with Gasteiger partial charge < -0.3 is 28.7 Å². The van der Waals surface area contributed by atoms with Crippen LogP contribution in [0.2, 0.25) is 0 Å². The smallest absolute Gasteiger partial charge is 0.338 e. The molecule has 1 saturated heterocycles.